The number of methoxy groups -OCH3 is 1. The summed E-state index contributed by atoms with van der Waals surface area (Å²) >= 11 is 0. The Hall–Kier alpha value is -1.28. The fraction of sp³-hybridized carbons (Fsp3) is 0.500. The van der Waals surface area contributed by atoms with Crippen molar-refractivity contribution in [2.24, 2.45) is 0 Å². The summed E-state index contributed by atoms with van der Waals surface area (Å²) in [4.78, 5) is 0. The SMILES string of the molecule is C=C(C)CC(NCCC)c1cc(C)ccc1OC. The van der Waals surface area contributed by atoms with Crippen molar-refractivity contribution in [2.45, 2.75) is 39.7 Å². The Kier molecular flexibility index (Phi) is 5.93. The summed E-state index contributed by atoms with van der Waals surface area (Å²) in [6.07, 6.45) is 2.07. The maximum absolute atomic E-state index is 5.47. The molecule has 0 bridgehead atoms. The van der Waals surface area contributed by atoms with E-state index in [1.165, 1.54) is 16.7 Å². The van der Waals surface area contributed by atoms with Gasteiger partial charge in [-0.25, -0.2) is 0 Å². The molecule has 100 valence electrons. The van der Waals surface area contributed by atoms with E-state index in [0.29, 0.717) is 0 Å². The van der Waals surface area contributed by atoms with E-state index in [-0.39, 0.29) is 6.04 Å². The normalized spacial score (nSPS) is 12.2. The van der Waals surface area contributed by atoms with Gasteiger partial charge < -0.3 is 10.1 Å². The highest BCUT2D eigenvalue weighted by Gasteiger charge is 2.15. The van der Waals surface area contributed by atoms with Crippen molar-refractivity contribution in [3.05, 3.63) is 41.5 Å². The molecule has 0 saturated heterocycles. The third-order valence-corrected chi connectivity index (χ3v) is 2.95. The molecule has 0 fully saturated rings. The number of hydrogen-bond acceptors (Lipinski definition) is 2. The first-order valence-electron chi connectivity index (χ1n) is 6.60. The van der Waals surface area contributed by atoms with Crippen molar-refractivity contribution in [1.29, 1.82) is 0 Å². The van der Waals surface area contributed by atoms with Crippen LogP contribution in [0.5, 0.6) is 5.75 Å². The van der Waals surface area contributed by atoms with Crippen LogP contribution in [-0.2, 0) is 0 Å². The van der Waals surface area contributed by atoms with Crippen molar-refractivity contribution < 1.29 is 4.74 Å². The molecule has 2 heteroatoms. The smallest absolute Gasteiger partial charge is 0.123 e. The Labute approximate surface area is 111 Å². The van der Waals surface area contributed by atoms with Crippen LogP contribution in [0.4, 0.5) is 0 Å². The second-order valence-corrected chi connectivity index (χ2v) is 4.91. The van der Waals surface area contributed by atoms with Gasteiger partial charge in [0.25, 0.3) is 0 Å². The number of aryl methyl sites for hydroxylation is 1. The van der Waals surface area contributed by atoms with Crippen LogP contribution in [0.2, 0.25) is 0 Å². The molecule has 2 nitrogen and oxygen atoms in total. The Morgan fingerprint density at radius 2 is 2.17 bits per heavy atom. The molecule has 0 aromatic heterocycles. The Morgan fingerprint density at radius 3 is 2.72 bits per heavy atom. The molecule has 1 aromatic carbocycles. The lowest BCUT2D eigenvalue weighted by Gasteiger charge is -2.22. The molecule has 0 amide bonds. The molecule has 1 N–H and O–H groups in total. The molecule has 1 rings (SSSR count). The molecular weight excluding hydrogens is 222 g/mol. The van der Waals surface area contributed by atoms with Crippen LogP contribution in [-0.4, -0.2) is 13.7 Å². The minimum atomic E-state index is 0.289. The minimum Gasteiger partial charge on any atom is -0.496 e. The van der Waals surface area contributed by atoms with Gasteiger partial charge in [-0.2, -0.15) is 0 Å². The van der Waals surface area contributed by atoms with Crippen molar-refractivity contribution >= 4 is 0 Å². The second kappa shape index (κ2) is 7.22. The number of benzene rings is 1. The van der Waals surface area contributed by atoms with Gasteiger partial charge in [0.05, 0.1) is 7.11 Å². The quantitative estimate of drug-likeness (QED) is 0.735. The monoisotopic (exact) mass is 247 g/mol. The van der Waals surface area contributed by atoms with E-state index in [2.05, 4.69) is 44.8 Å². The largest absolute Gasteiger partial charge is 0.496 e. The standard InChI is InChI=1S/C16H25NO/c1-6-9-17-15(10-12(2)3)14-11-13(4)7-8-16(14)18-5/h7-8,11,15,17H,2,6,9-10H2,1,3-5H3. The second-order valence-electron chi connectivity index (χ2n) is 4.91. The molecule has 0 radical (unpaired) electrons. The molecule has 1 unspecified atom stereocenters. The molecule has 0 spiro atoms. The molecule has 1 aromatic rings. The third kappa shape index (κ3) is 4.19. The first kappa shape index (κ1) is 14.8. The molecular formula is C16H25NO. The van der Waals surface area contributed by atoms with E-state index in [0.717, 1.165) is 25.1 Å². The van der Waals surface area contributed by atoms with Gasteiger partial charge in [0, 0.05) is 11.6 Å². The van der Waals surface area contributed by atoms with Gasteiger partial charge in [-0.05, 0) is 39.3 Å². The fourth-order valence-electron chi connectivity index (χ4n) is 2.09. The number of ether oxygens (including phenoxy) is 1. The summed E-state index contributed by atoms with van der Waals surface area (Å²) < 4.78 is 5.47. The zero-order valence-corrected chi connectivity index (χ0v) is 12.0. The van der Waals surface area contributed by atoms with Crippen LogP contribution < -0.4 is 10.1 Å². The van der Waals surface area contributed by atoms with Crippen molar-refractivity contribution in [1.82, 2.24) is 5.32 Å². The van der Waals surface area contributed by atoms with Gasteiger partial charge in [-0.1, -0.05) is 30.2 Å². The molecule has 18 heavy (non-hydrogen) atoms. The van der Waals surface area contributed by atoms with Crippen molar-refractivity contribution in [3.8, 4) is 5.75 Å². The van der Waals surface area contributed by atoms with Crippen LogP contribution in [0.3, 0.4) is 0 Å². The molecule has 0 saturated carbocycles. The number of hydrogen-bond donors (Lipinski definition) is 1. The molecule has 0 aliphatic rings. The number of nitrogens with one attached hydrogen (secondary N) is 1. The first-order valence-corrected chi connectivity index (χ1v) is 6.60. The predicted octanol–water partition coefficient (Wildman–Crippen LogP) is 4.01. The van der Waals surface area contributed by atoms with Crippen molar-refractivity contribution in [3.63, 3.8) is 0 Å². The lowest BCUT2D eigenvalue weighted by molar-refractivity contribution is 0.398. The van der Waals surface area contributed by atoms with Crippen LogP contribution in [0.1, 0.15) is 43.9 Å². The van der Waals surface area contributed by atoms with Gasteiger partial charge in [0.2, 0.25) is 0 Å². The third-order valence-electron chi connectivity index (χ3n) is 2.95. The topological polar surface area (TPSA) is 21.3 Å². The van der Waals surface area contributed by atoms with E-state index in [1.807, 2.05) is 6.07 Å². The Bertz CT molecular complexity index is 398. The summed E-state index contributed by atoms with van der Waals surface area (Å²) in [7, 11) is 1.73. The van der Waals surface area contributed by atoms with Gasteiger partial charge in [-0.15, -0.1) is 6.58 Å². The summed E-state index contributed by atoms with van der Waals surface area (Å²) in [5.74, 6) is 0.954. The first-order chi connectivity index (χ1) is 8.58. The van der Waals surface area contributed by atoms with E-state index in [4.69, 9.17) is 4.74 Å². The van der Waals surface area contributed by atoms with Gasteiger partial charge in [-0.3, -0.25) is 0 Å². The number of rotatable bonds is 7. The van der Waals surface area contributed by atoms with Crippen LogP contribution in [0, 0.1) is 6.92 Å². The van der Waals surface area contributed by atoms with Crippen LogP contribution in [0.15, 0.2) is 30.4 Å². The van der Waals surface area contributed by atoms with E-state index in [9.17, 15) is 0 Å². The molecule has 0 aliphatic heterocycles. The van der Waals surface area contributed by atoms with Crippen LogP contribution in [0.25, 0.3) is 0 Å². The van der Waals surface area contributed by atoms with Gasteiger partial charge in [0.1, 0.15) is 5.75 Å². The van der Waals surface area contributed by atoms with E-state index >= 15 is 0 Å². The predicted molar refractivity (Wildman–Crippen MR) is 78.2 cm³/mol. The average Bonchev–Trinajstić information content (AvgIpc) is 2.34. The maximum Gasteiger partial charge on any atom is 0.123 e. The zero-order valence-electron chi connectivity index (χ0n) is 12.0. The summed E-state index contributed by atoms with van der Waals surface area (Å²) in [5, 5.41) is 3.58. The Morgan fingerprint density at radius 1 is 1.44 bits per heavy atom. The molecule has 1 atom stereocenters. The summed E-state index contributed by atoms with van der Waals surface area (Å²) in [6.45, 7) is 11.4. The highest BCUT2D eigenvalue weighted by molar-refractivity contribution is 5.39. The summed E-state index contributed by atoms with van der Waals surface area (Å²) in [6, 6.07) is 6.62. The van der Waals surface area contributed by atoms with Gasteiger partial charge in [0.15, 0.2) is 0 Å². The maximum atomic E-state index is 5.47. The minimum absolute atomic E-state index is 0.289. The van der Waals surface area contributed by atoms with Crippen LogP contribution >= 0.6 is 0 Å². The highest BCUT2D eigenvalue weighted by Crippen LogP contribution is 2.30. The Balaban J connectivity index is 3.01. The van der Waals surface area contributed by atoms with E-state index < -0.39 is 0 Å². The molecule has 0 aliphatic carbocycles. The zero-order chi connectivity index (χ0) is 13.5. The fourth-order valence-corrected chi connectivity index (χ4v) is 2.09. The van der Waals surface area contributed by atoms with E-state index in [1.54, 1.807) is 7.11 Å². The van der Waals surface area contributed by atoms with Gasteiger partial charge >= 0.3 is 0 Å². The van der Waals surface area contributed by atoms with Crippen molar-refractivity contribution in [2.75, 3.05) is 13.7 Å². The average molecular weight is 247 g/mol. The lowest BCUT2D eigenvalue weighted by Crippen LogP contribution is -2.23. The lowest BCUT2D eigenvalue weighted by atomic mass is 9.97. The highest BCUT2D eigenvalue weighted by atomic mass is 16.5. The summed E-state index contributed by atoms with van der Waals surface area (Å²) in [5.41, 5.74) is 3.68. The molecule has 0 heterocycles.